The van der Waals surface area contributed by atoms with Crippen LogP contribution in [0.1, 0.15) is 29.2 Å². The summed E-state index contributed by atoms with van der Waals surface area (Å²) in [6, 6.07) is 27.7. The van der Waals surface area contributed by atoms with Crippen LogP contribution >= 0.6 is 11.8 Å². The first-order chi connectivity index (χ1) is 19.4. The molecule has 5 rings (SSSR count). The summed E-state index contributed by atoms with van der Waals surface area (Å²) < 4.78 is 25.8. The van der Waals surface area contributed by atoms with Crippen molar-refractivity contribution in [1.82, 2.24) is 0 Å². The molecule has 0 radical (unpaired) electrons. The average molecular weight is 553 g/mol. The highest BCUT2D eigenvalue weighted by molar-refractivity contribution is 8.19. The van der Waals surface area contributed by atoms with E-state index >= 15 is 0 Å². The number of thioether (sulfide) groups is 1. The second-order valence-corrected chi connectivity index (χ2v) is 10.3. The molecule has 1 aliphatic rings. The molecule has 202 valence electrons. The van der Waals surface area contributed by atoms with Gasteiger partial charge in [-0.15, -0.1) is 0 Å². The average Bonchev–Trinajstić information content (AvgIpc) is 3.25. The lowest BCUT2D eigenvalue weighted by Gasteiger charge is -2.16. The van der Waals surface area contributed by atoms with Gasteiger partial charge in [0, 0.05) is 5.56 Å². The summed E-state index contributed by atoms with van der Waals surface area (Å²) in [4.78, 5) is 20.7. The Morgan fingerprint density at radius 1 is 0.875 bits per heavy atom. The highest BCUT2D eigenvalue weighted by atomic mass is 32.2. The number of rotatable bonds is 8. The highest BCUT2D eigenvalue weighted by Gasteiger charge is 2.34. The molecule has 0 saturated carbocycles. The monoisotopic (exact) mass is 552 g/mol. The van der Waals surface area contributed by atoms with Gasteiger partial charge in [-0.25, -0.2) is 9.38 Å². The van der Waals surface area contributed by atoms with E-state index in [1.165, 1.54) is 17.8 Å². The number of aryl methyl sites for hydroxylation is 2. The van der Waals surface area contributed by atoms with Crippen molar-refractivity contribution in [3.05, 3.63) is 124 Å². The van der Waals surface area contributed by atoms with Crippen molar-refractivity contribution in [2.75, 3.05) is 11.5 Å². The van der Waals surface area contributed by atoms with Crippen molar-refractivity contribution in [2.45, 2.75) is 27.4 Å². The van der Waals surface area contributed by atoms with E-state index in [2.05, 4.69) is 0 Å². The maximum absolute atomic E-state index is 14.1. The number of amides is 1. The Balaban J connectivity index is 1.45. The van der Waals surface area contributed by atoms with Crippen LogP contribution in [0.3, 0.4) is 0 Å². The molecule has 40 heavy (non-hydrogen) atoms. The van der Waals surface area contributed by atoms with Crippen LogP contribution < -0.4 is 14.4 Å². The van der Waals surface area contributed by atoms with E-state index in [1.54, 1.807) is 29.2 Å². The molecule has 0 aliphatic carbocycles. The lowest BCUT2D eigenvalue weighted by atomic mass is 10.1. The number of carbonyl (C=O) groups is 1. The van der Waals surface area contributed by atoms with E-state index in [0.717, 1.165) is 28.1 Å². The molecule has 0 atom stereocenters. The van der Waals surface area contributed by atoms with Crippen LogP contribution in [-0.4, -0.2) is 17.7 Å². The zero-order valence-electron chi connectivity index (χ0n) is 22.6. The summed E-state index contributed by atoms with van der Waals surface area (Å²) in [5, 5.41) is 0.582. The Kier molecular flexibility index (Phi) is 8.31. The molecule has 0 spiro atoms. The first-order valence-electron chi connectivity index (χ1n) is 13.0. The minimum atomic E-state index is -0.320. The van der Waals surface area contributed by atoms with E-state index < -0.39 is 0 Å². The topological polar surface area (TPSA) is 51.1 Å². The van der Waals surface area contributed by atoms with Crippen molar-refractivity contribution in [3.63, 3.8) is 0 Å². The number of benzene rings is 4. The minimum Gasteiger partial charge on any atom is -0.490 e. The second-order valence-electron chi connectivity index (χ2n) is 9.34. The van der Waals surface area contributed by atoms with Crippen molar-refractivity contribution < 1.29 is 18.7 Å². The third-order valence-electron chi connectivity index (χ3n) is 6.26. The van der Waals surface area contributed by atoms with Crippen LogP contribution in [0.5, 0.6) is 11.5 Å². The van der Waals surface area contributed by atoms with Crippen LogP contribution in [0.2, 0.25) is 0 Å². The number of ether oxygens (including phenoxy) is 2. The summed E-state index contributed by atoms with van der Waals surface area (Å²) in [6.45, 7) is 6.42. The normalized spacial score (nSPS) is 15.2. The Hall–Kier alpha value is -4.36. The second kappa shape index (κ2) is 12.2. The molecule has 1 aliphatic heterocycles. The van der Waals surface area contributed by atoms with E-state index in [-0.39, 0.29) is 18.3 Å². The van der Waals surface area contributed by atoms with E-state index in [4.69, 9.17) is 14.5 Å². The molecular formula is C33H29FN2O3S. The Bertz CT molecular complexity index is 1580. The van der Waals surface area contributed by atoms with E-state index in [1.807, 2.05) is 87.5 Å². The summed E-state index contributed by atoms with van der Waals surface area (Å²) in [5.74, 6) is 0.547. The van der Waals surface area contributed by atoms with Gasteiger partial charge in [-0.3, -0.25) is 9.69 Å². The third-order valence-corrected chi connectivity index (χ3v) is 7.23. The smallest absolute Gasteiger partial charge is 0.271 e. The summed E-state index contributed by atoms with van der Waals surface area (Å²) in [5.41, 5.74) is 5.01. The first kappa shape index (κ1) is 27.2. The Morgan fingerprint density at radius 2 is 1.57 bits per heavy atom. The Labute approximate surface area is 238 Å². The van der Waals surface area contributed by atoms with E-state index in [9.17, 15) is 9.18 Å². The molecule has 0 bridgehead atoms. The van der Waals surface area contributed by atoms with Gasteiger partial charge in [0.1, 0.15) is 12.4 Å². The maximum Gasteiger partial charge on any atom is 0.271 e. The van der Waals surface area contributed by atoms with Crippen LogP contribution in [0.25, 0.3) is 6.08 Å². The van der Waals surface area contributed by atoms with Crippen molar-refractivity contribution in [3.8, 4) is 11.5 Å². The van der Waals surface area contributed by atoms with Gasteiger partial charge in [-0.1, -0.05) is 59.7 Å². The van der Waals surface area contributed by atoms with Crippen molar-refractivity contribution in [1.29, 1.82) is 0 Å². The van der Waals surface area contributed by atoms with Gasteiger partial charge in [0.05, 0.1) is 22.9 Å². The van der Waals surface area contributed by atoms with Crippen LogP contribution in [0, 0.1) is 19.7 Å². The molecule has 7 heteroatoms. The molecule has 1 amide bonds. The van der Waals surface area contributed by atoms with Gasteiger partial charge in [0.2, 0.25) is 0 Å². The number of aliphatic imine (C=N–C) groups is 1. The first-order valence-corrected chi connectivity index (χ1v) is 13.8. The van der Waals surface area contributed by atoms with Gasteiger partial charge in [0.25, 0.3) is 5.91 Å². The number of hydrogen-bond acceptors (Lipinski definition) is 5. The fraction of sp³-hybridized carbons (Fsp3) is 0.152. The van der Waals surface area contributed by atoms with Crippen molar-refractivity contribution in [2.24, 2.45) is 4.99 Å². The summed E-state index contributed by atoms with van der Waals surface area (Å²) in [7, 11) is 0. The van der Waals surface area contributed by atoms with Crippen molar-refractivity contribution >= 4 is 40.3 Å². The number of carbonyl (C=O) groups excluding carboxylic acids is 1. The number of halogens is 1. The molecule has 5 nitrogen and oxygen atoms in total. The molecule has 4 aromatic rings. The third kappa shape index (κ3) is 6.26. The number of hydrogen-bond donors (Lipinski definition) is 0. The van der Waals surface area contributed by atoms with Gasteiger partial charge >= 0.3 is 0 Å². The number of anilines is 1. The zero-order valence-corrected chi connectivity index (χ0v) is 23.4. The zero-order chi connectivity index (χ0) is 28.1. The molecule has 1 heterocycles. The lowest BCUT2D eigenvalue weighted by Crippen LogP contribution is -2.28. The molecule has 0 aromatic heterocycles. The maximum atomic E-state index is 14.1. The van der Waals surface area contributed by atoms with Gasteiger partial charge in [-0.2, -0.15) is 0 Å². The lowest BCUT2D eigenvalue weighted by molar-refractivity contribution is -0.113. The number of amidine groups is 1. The van der Waals surface area contributed by atoms with Crippen LogP contribution in [0.4, 0.5) is 15.8 Å². The quantitative estimate of drug-likeness (QED) is 0.207. The standard InChI is InChI=1S/C33H29FN2O3S/c1-4-38-30-19-24(13-18-29(30)39-21-25-7-5-6-8-28(25)34)20-31-32(37)36(27-16-11-23(3)12-17-27)33(40-31)35-26-14-9-22(2)10-15-26/h5-20H,4,21H2,1-3H3/b31-20-,35-33?. The summed E-state index contributed by atoms with van der Waals surface area (Å²) in [6.07, 6.45) is 1.83. The molecule has 1 saturated heterocycles. The molecular weight excluding hydrogens is 523 g/mol. The Morgan fingerprint density at radius 3 is 2.27 bits per heavy atom. The molecule has 0 unspecified atom stereocenters. The molecule has 0 N–H and O–H groups in total. The van der Waals surface area contributed by atoms with Gasteiger partial charge in [-0.05, 0) is 86.6 Å². The molecule has 1 fully saturated rings. The fourth-order valence-corrected chi connectivity index (χ4v) is 5.13. The SMILES string of the molecule is CCOc1cc(/C=C2\SC(=Nc3ccc(C)cc3)N(c3ccc(C)cc3)C2=O)ccc1OCc1ccccc1F. The van der Waals surface area contributed by atoms with E-state index in [0.29, 0.717) is 33.7 Å². The fourth-order valence-electron chi connectivity index (χ4n) is 4.12. The predicted octanol–water partition coefficient (Wildman–Crippen LogP) is 8.23. The van der Waals surface area contributed by atoms with Gasteiger partial charge < -0.3 is 9.47 Å². The number of nitrogens with zero attached hydrogens (tertiary/aromatic N) is 2. The minimum absolute atomic E-state index is 0.0753. The largest absolute Gasteiger partial charge is 0.490 e. The highest BCUT2D eigenvalue weighted by Crippen LogP contribution is 2.38. The summed E-state index contributed by atoms with van der Waals surface area (Å²) >= 11 is 1.33. The van der Waals surface area contributed by atoms with Crippen LogP contribution in [-0.2, 0) is 11.4 Å². The van der Waals surface area contributed by atoms with Crippen LogP contribution in [0.15, 0.2) is 101 Å². The molecule has 4 aromatic carbocycles. The van der Waals surface area contributed by atoms with Gasteiger partial charge in [0.15, 0.2) is 16.7 Å². The predicted molar refractivity (Wildman–Crippen MR) is 161 cm³/mol.